The third-order valence-electron chi connectivity index (χ3n) is 3.81. The van der Waals surface area contributed by atoms with Gasteiger partial charge < -0.3 is 20.5 Å². The van der Waals surface area contributed by atoms with Gasteiger partial charge in [-0.05, 0) is 55.2 Å². The Kier molecular flexibility index (Phi) is 4.37. The third-order valence-corrected chi connectivity index (χ3v) is 3.81. The average Bonchev–Trinajstić information content (AvgIpc) is 3.40. The van der Waals surface area contributed by atoms with Crippen molar-refractivity contribution < 1.29 is 14.3 Å². The Balaban J connectivity index is 1.65. The number of nitrogens with two attached hydrogens (primary N) is 1. The van der Waals surface area contributed by atoms with E-state index in [1.807, 2.05) is 12.1 Å². The van der Waals surface area contributed by atoms with Gasteiger partial charge in [0.25, 0.3) is 5.91 Å². The molecule has 0 saturated heterocycles. The van der Waals surface area contributed by atoms with Crippen LogP contribution in [-0.2, 0) is 0 Å². The first-order valence-electron chi connectivity index (χ1n) is 7.63. The van der Waals surface area contributed by atoms with Crippen LogP contribution in [0.3, 0.4) is 0 Å². The molecule has 0 unspecified atom stereocenters. The molecule has 0 radical (unpaired) electrons. The van der Waals surface area contributed by atoms with Crippen molar-refractivity contribution in [1.82, 2.24) is 0 Å². The molecular formula is C18H20N2O3. The number of carbonyl (C=O) groups is 1. The number of anilines is 2. The minimum Gasteiger partial charge on any atom is -0.497 e. The molecule has 0 aromatic heterocycles. The molecule has 1 saturated carbocycles. The van der Waals surface area contributed by atoms with Crippen molar-refractivity contribution in [2.24, 2.45) is 5.92 Å². The lowest BCUT2D eigenvalue weighted by molar-refractivity contribution is 0.102. The molecule has 1 aliphatic rings. The summed E-state index contributed by atoms with van der Waals surface area (Å²) in [7, 11) is 1.57. The van der Waals surface area contributed by atoms with Crippen molar-refractivity contribution >= 4 is 17.3 Å². The second kappa shape index (κ2) is 6.60. The molecule has 3 rings (SSSR count). The predicted octanol–water partition coefficient (Wildman–Crippen LogP) is 3.32. The Morgan fingerprint density at radius 2 is 1.87 bits per heavy atom. The molecule has 2 aromatic rings. The fourth-order valence-electron chi connectivity index (χ4n) is 2.17. The Labute approximate surface area is 135 Å². The Morgan fingerprint density at radius 3 is 2.52 bits per heavy atom. The third kappa shape index (κ3) is 3.94. The van der Waals surface area contributed by atoms with E-state index in [2.05, 4.69) is 5.32 Å². The second-order valence-corrected chi connectivity index (χ2v) is 5.69. The van der Waals surface area contributed by atoms with E-state index in [1.54, 1.807) is 37.4 Å². The van der Waals surface area contributed by atoms with Crippen LogP contribution in [0.1, 0.15) is 23.2 Å². The summed E-state index contributed by atoms with van der Waals surface area (Å²) in [5.74, 6) is 1.90. The maximum Gasteiger partial charge on any atom is 0.255 e. The van der Waals surface area contributed by atoms with Crippen molar-refractivity contribution in [3.05, 3.63) is 48.0 Å². The summed E-state index contributed by atoms with van der Waals surface area (Å²) in [5, 5.41) is 2.80. The van der Waals surface area contributed by atoms with Gasteiger partial charge in [-0.15, -0.1) is 0 Å². The van der Waals surface area contributed by atoms with Crippen LogP contribution in [0.2, 0.25) is 0 Å². The summed E-state index contributed by atoms with van der Waals surface area (Å²) in [6.07, 6.45) is 2.50. The van der Waals surface area contributed by atoms with Crippen LogP contribution in [0.25, 0.3) is 0 Å². The first kappa shape index (κ1) is 15.2. The normalized spacial score (nSPS) is 13.4. The number of nitrogens with one attached hydrogen (secondary N) is 1. The Bertz CT molecular complexity index is 694. The van der Waals surface area contributed by atoms with E-state index in [0.717, 1.165) is 12.4 Å². The van der Waals surface area contributed by atoms with E-state index in [4.69, 9.17) is 15.2 Å². The van der Waals surface area contributed by atoms with Gasteiger partial charge in [-0.1, -0.05) is 0 Å². The molecule has 3 N–H and O–H groups in total. The van der Waals surface area contributed by atoms with E-state index in [-0.39, 0.29) is 5.91 Å². The molecular weight excluding hydrogens is 292 g/mol. The highest BCUT2D eigenvalue weighted by molar-refractivity contribution is 6.05. The first-order chi connectivity index (χ1) is 11.2. The highest BCUT2D eigenvalue weighted by Gasteiger charge is 2.21. The smallest absolute Gasteiger partial charge is 0.255 e. The molecule has 1 fully saturated rings. The molecule has 0 aliphatic heterocycles. The van der Waals surface area contributed by atoms with Gasteiger partial charge >= 0.3 is 0 Å². The minimum atomic E-state index is -0.223. The van der Waals surface area contributed by atoms with Gasteiger partial charge in [-0.25, -0.2) is 0 Å². The van der Waals surface area contributed by atoms with E-state index in [0.29, 0.717) is 28.6 Å². The second-order valence-electron chi connectivity index (χ2n) is 5.69. The highest BCUT2D eigenvalue weighted by atomic mass is 16.5. The fourth-order valence-corrected chi connectivity index (χ4v) is 2.17. The molecule has 5 nitrogen and oxygen atoms in total. The summed E-state index contributed by atoms with van der Waals surface area (Å²) in [4.78, 5) is 12.3. The molecule has 2 aromatic carbocycles. The zero-order chi connectivity index (χ0) is 16.2. The standard InChI is InChI=1S/C18H20N2O3/c1-22-15-8-9-16(19)17(10-15)20-18(21)13-4-6-14(7-5-13)23-11-12-2-3-12/h4-10,12H,2-3,11,19H2,1H3,(H,20,21). The molecule has 0 spiro atoms. The number of carbonyl (C=O) groups excluding carboxylic acids is 1. The van der Waals surface area contributed by atoms with E-state index >= 15 is 0 Å². The molecule has 0 atom stereocenters. The topological polar surface area (TPSA) is 73.6 Å². The molecule has 1 aliphatic carbocycles. The summed E-state index contributed by atoms with van der Waals surface area (Å²) < 4.78 is 10.8. The van der Waals surface area contributed by atoms with Crippen LogP contribution in [0.5, 0.6) is 11.5 Å². The van der Waals surface area contributed by atoms with Gasteiger partial charge in [0.05, 0.1) is 25.1 Å². The van der Waals surface area contributed by atoms with Crippen molar-refractivity contribution in [2.45, 2.75) is 12.8 Å². The Morgan fingerprint density at radius 1 is 1.17 bits per heavy atom. The minimum absolute atomic E-state index is 0.223. The van der Waals surface area contributed by atoms with Gasteiger partial charge in [0.2, 0.25) is 0 Å². The first-order valence-corrected chi connectivity index (χ1v) is 7.63. The van der Waals surface area contributed by atoms with Crippen LogP contribution >= 0.6 is 0 Å². The van der Waals surface area contributed by atoms with Gasteiger partial charge in [-0.3, -0.25) is 4.79 Å². The quantitative estimate of drug-likeness (QED) is 0.803. The molecule has 1 amide bonds. The zero-order valence-corrected chi connectivity index (χ0v) is 13.0. The summed E-state index contributed by atoms with van der Waals surface area (Å²) in [6, 6.07) is 12.3. The number of hydrogen-bond donors (Lipinski definition) is 2. The van der Waals surface area contributed by atoms with Gasteiger partial charge in [0.15, 0.2) is 0 Å². The van der Waals surface area contributed by atoms with E-state index in [9.17, 15) is 4.79 Å². The van der Waals surface area contributed by atoms with Crippen LogP contribution in [0.15, 0.2) is 42.5 Å². The molecule has 120 valence electrons. The zero-order valence-electron chi connectivity index (χ0n) is 13.0. The highest BCUT2D eigenvalue weighted by Crippen LogP contribution is 2.29. The fraction of sp³-hybridized carbons (Fsp3) is 0.278. The average molecular weight is 312 g/mol. The monoisotopic (exact) mass is 312 g/mol. The van der Waals surface area contributed by atoms with Crippen LogP contribution in [0, 0.1) is 5.92 Å². The number of hydrogen-bond acceptors (Lipinski definition) is 4. The van der Waals surface area contributed by atoms with Gasteiger partial charge in [0, 0.05) is 11.6 Å². The Hall–Kier alpha value is -2.69. The van der Waals surface area contributed by atoms with Crippen molar-refractivity contribution in [3.8, 4) is 11.5 Å². The molecule has 0 bridgehead atoms. The van der Waals surface area contributed by atoms with Crippen LogP contribution < -0.4 is 20.5 Å². The lowest BCUT2D eigenvalue weighted by Crippen LogP contribution is -2.13. The number of methoxy groups -OCH3 is 1. The number of ether oxygens (including phenoxy) is 2. The summed E-state index contributed by atoms with van der Waals surface area (Å²) in [6.45, 7) is 0.756. The lowest BCUT2D eigenvalue weighted by Gasteiger charge is -2.10. The van der Waals surface area contributed by atoms with Crippen molar-refractivity contribution in [3.63, 3.8) is 0 Å². The number of benzene rings is 2. The molecule has 23 heavy (non-hydrogen) atoms. The lowest BCUT2D eigenvalue weighted by atomic mass is 10.2. The largest absolute Gasteiger partial charge is 0.497 e. The van der Waals surface area contributed by atoms with Gasteiger partial charge in [0.1, 0.15) is 11.5 Å². The maximum absolute atomic E-state index is 12.3. The maximum atomic E-state index is 12.3. The summed E-state index contributed by atoms with van der Waals surface area (Å²) >= 11 is 0. The SMILES string of the molecule is COc1ccc(N)c(NC(=O)c2ccc(OCC3CC3)cc2)c1. The molecule has 0 heterocycles. The van der Waals surface area contributed by atoms with Crippen molar-refractivity contribution in [2.75, 3.05) is 24.8 Å². The number of amides is 1. The predicted molar refractivity (Wildman–Crippen MR) is 90.0 cm³/mol. The number of rotatable bonds is 6. The van der Waals surface area contributed by atoms with Crippen molar-refractivity contribution in [1.29, 1.82) is 0 Å². The van der Waals surface area contributed by atoms with E-state index in [1.165, 1.54) is 12.8 Å². The molecule has 5 heteroatoms. The van der Waals surface area contributed by atoms with Gasteiger partial charge in [-0.2, -0.15) is 0 Å². The number of nitrogen functional groups attached to an aromatic ring is 1. The summed E-state index contributed by atoms with van der Waals surface area (Å²) in [5.41, 5.74) is 7.45. The van der Waals surface area contributed by atoms with Crippen LogP contribution in [-0.4, -0.2) is 19.6 Å². The van der Waals surface area contributed by atoms with Crippen LogP contribution in [0.4, 0.5) is 11.4 Å². The van der Waals surface area contributed by atoms with E-state index < -0.39 is 0 Å².